The number of rotatable bonds is 5. The van der Waals surface area contributed by atoms with E-state index in [1.54, 1.807) is 0 Å². The molecule has 21 heavy (non-hydrogen) atoms. The summed E-state index contributed by atoms with van der Waals surface area (Å²) in [7, 11) is 0. The molecule has 2 saturated heterocycles. The number of nitrogens with one attached hydrogen (secondary N) is 2. The molecule has 4 aliphatic rings. The summed E-state index contributed by atoms with van der Waals surface area (Å²) < 4.78 is 18.0. The second-order valence-electron chi connectivity index (χ2n) is 7.59. The number of halogens is 2. The predicted octanol–water partition coefficient (Wildman–Crippen LogP) is 2.72. The summed E-state index contributed by atoms with van der Waals surface area (Å²) in [5, 5.41) is 0. The van der Waals surface area contributed by atoms with Crippen molar-refractivity contribution in [1.82, 2.24) is 7.06 Å². The Kier molecular flexibility index (Phi) is 3.41. The molecule has 0 aromatic carbocycles. The van der Waals surface area contributed by atoms with Gasteiger partial charge in [-0.05, 0) is 0 Å². The minimum absolute atomic E-state index is 0.0146. The fourth-order valence-corrected chi connectivity index (χ4v) is 11.9. The molecule has 0 spiro atoms. The van der Waals surface area contributed by atoms with Crippen LogP contribution in [0.1, 0.15) is 40.0 Å². The fraction of sp³-hybridized carbons (Fsp3) is 0.929. The quantitative estimate of drug-likeness (QED) is 0.111. The molecule has 120 valence electrons. The monoisotopic (exact) mass is 520 g/mol. The summed E-state index contributed by atoms with van der Waals surface area (Å²) >= 11 is 1.10. The maximum atomic E-state index is 12.1. The second kappa shape index (κ2) is 4.67. The molecule has 2 heterocycles. The molecule has 0 radical (unpaired) electrons. The van der Waals surface area contributed by atoms with E-state index in [1.165, 1.54) is 19.3 Å². The van der Waals surface area contributed by atoms with E-state index in [4.69, 9.17) is 9.47 Å². The molecule has 2 N–H and O–H groups in total. The zero-order valence-electron chi connectivity index (χ0n) is 12.5. The van der Waals surface area contributed by atoms with Crippen LogP contribution in [-0.4, -0.2) is 26.5 Å². The van der Waals surface area contributed by atoms with E-state index in [2.05, 4.69) is 50.4 Å². The van der Waals surface area contributed by atoms with E-state index >= 15 is 0 Å². The van der Waals surface area contributed by atoms with Crippen LogP contribution in [0.4, 0.5) is 0 Å². The number of alkyl halides is 2. The van der Waals surface area contributed by atoms with Gasteiger partial charge in [0.15, 0.2) is 0 Å². The standard InChI is InChI=1S/C14H22I2N2O3/c1-12(2)8-4-5-13(3,6-8)11(12)21-7-20-10(19)9(15)14-16(17-14)18-14/h8-9,11,17-18H,4-7H2,1-3H3. The third kappa shape index (κ3) is 2.20. The molecule has 2 aliphatic carbocycles. The van der Waals surface area contributed by atoms with Crippen LogP contribution >= 0.6 is 43.0 Å². The van der Waals surface area contributed by atoms with Crippen LogP contribution in [-0.2, 0) is 14.3 Å². The van der Waals surface area contributed by atoms with Gasteiger partial charge < -0.3 is 0 Å². The van der Waals surface area contributed by atoms with Gasteiger partial charge in [0.05, 0.1) is 0 Å². The SMILES string of the molecule is CC12CCC(C1)C(C)(C)C2OCOC(=O)C(I)C12NI1N2. The molecule has 0 amide bonds. The van der Waals surface area contributed by atoms with Gasteiger partial charge in [0, 0.05) is 0 Å². The van der Waals surface area contributed by atoms with Gasteiger partial charge in [-0.3, -0.25) is 0 Å². The van der Waals surface area contributed by atoms with Crippen molar-refractivity contribution in [1.29, 1.82) is 0 Å². The zero-order valence-corrected chi connectivity index (χ0v) is 16.9. The van der Waals surface area contributed by atoms with Gasteiger partial charge in [-0.25, -0.2) is 0 Å². The van der Waals surface area contributed by atoms with Gasteiger partial charge in [0.1, 0.15) is 0 Å². The first-order valence-corrected chi connectivity index (χ1v) is 12.0. The summed E-state index contributed by atoms with van der Waals surface area (Å²) in [4.78, 5) is 12.1. The molecule has 4 unspecified atom stereocenters. The van der Waals surface area contributed by atoms with Gasteiger partial charge in [-0.2, -0.15) is 0 Å². The summed E-state index contributed by atoms with van der Waals surface area (Å²) in [6.45, 7) is 7.02. The summed E-state index contributed by atoms with van der Waals surface area (Å²) in [5.41, 5.74) is 0.453. The molecule has 4 rings (SSSR count). The molecule has 2 bridgehead atoms. The van der Waals surface area contributed by atoms with Crippen LogP contribution in [0.3, 0.4) is 0 Å². The Hall–Kier alpha value is 0.810. The fourth-order valence-electron chi connectivity index (χ4n) is 4.50. The van der Waals surface area contributed by atoms with Gasteiger partial charge >= 0.3 is 148 Å². The average Bonchev–Trinajstić information content (AvgIpc) is 3.21. The first-order chi connectivity index (χ1) is 9.80. The van der Waals surface area contributed by atoms with Crippen LogP contribution in [0, 0.1) is 16.7 Å². The van der Waals surface area contributed by atoms with Crippen molar-refractivity contribution in [2.24, 2.45) is 16.7 Å². The summed E-state index contributed by atoms with van der Waals surface area (Å²) in [6, 6.07) is 0. The molecular formula is C14H22I2N2O3. The number of hydrogen-bond acceptors (Lipinski definition) is 5. The normalized spacial score (nSPS) is 43.3. The summed E-state index contributed by atoms with van der Waals surface area (Å²) in [6.07, 6.45) is 3.99. The van der Waals surface area contributed by atoms with Crippen LogP contribution in [0.15, 0.2) is 0 Å². The first-order valence-electron chi connectivity index (χ1n) is 7.47. The number of ether oxygens (including phenoxy) is 2. The Morgan fingerprint density at radius 1 is 1.43 bits per heavy atom. The topological polar surface area (TPSA) is 79.4 Å². The van der Waals surface area contributed by atoms with Crippen LogP contribution < -0.4 is 7.06 Å². The number of fused-ring (bicyclic) bond motifs is 3. The van der Waals surface area contributed by atoms with Crippen molar-refractivity contribution in [2.45, 2.75) is 53.7 Å². The van der Waals surface area contributed by atoms with E-state index in [0.29, 0.717) is 0 Å². The predicted molar refractivity (Wildman–Crippen MR) is 95.9 cm³/mol. The van der Waals surface area contributed by atoms with Crippen molar-refractivity contribution >= 4 is 48.9 Å². The minimum atomic E-state index is -1.08. The molecule has 7 heteroatoms. The van der Waals surface area contributed by atoms with Crippen molar-refractivity contribution in [3.05, 3.63) is 0 Å². The zero-order chi connectivity index (χ0) is 15.0. The van der Waals surface area contributed by atoms with Gasteiger partial charge in [0.2, 0.25) is 0 Å². The van der Waals surface area contributed by atoms with Gasteiger partial charge in [0.25, 0.3) is 0 Å². The number of esters is 1. The maximum absolute atomic E-state index is 12.1. The van der Waals surface area contributed by atoms with E-state index in [1.807, 2.05) is 0 Å². The molecule has 2 saturated carbocycles. The molecule has 0 aromatic rings. The van der Waals surface area contributed by atoms with Crippen LogP contribution in [0.25, 0.3) is 0 Å². The molecular weight excluding hydrogens is 498 g/mol. The van der Waals surface area contributed by atoms with Crippen LogP contribution in [0.2, 0.25) is 0 Å². The Morgan fingerprint density at radius 2 is 2.10 bits per heavy atom. The van der Waals surface area contributed by atoms with Crippen LogP contribution in [0.5, 0.6) is 0 Å². The Bertz CT molecular complexity index is 490. The average molecular weight is 520 g/mol. The Morgan fingerprint density at radius 3 is 2.62 bits per heavy atom. The number of carbonyl (C=O) groups is 1. The number of carbonyl (C=O) groups excluding carboxylic acids is 1. The van der Waals surface area contributed by atoms with Crippen molar-refractivity contribution in [3.8, 4) is 0 Å². The van der Waals surface area contributed by atoms with E-state index in [-0.39, 0.29) is 37.3 Å². The Labute approximate surface area is 146 Å². The third-order valence-corrected chi connectivity index (χ3v) is 13.0. The molecule has 4 atom stereocenters. The number of hydrogen-bond donors (Lipinski definition) is 2. The van der Waals surface area contributed by atoms with E-state index in [0.717, 1.165) is 5.92 Å². The van der Waals surface area contributed by atoms with Crippen molar-refractivity contribution < 1.29 is 14.3 Å². The molecule has 2 aliphatic heterocycles. The van der Waals surface area contributed by atoms with E-state index in [9.17, 15) is 4.79 Å². The molecule has 4 fully saturated rings. The van der Waals surface area contributed by atoms with Crippen molar-refractivity contribution in [3.63, 3.8) is 0 Å². The molecule has 5 nitrogen and oxygen atoms in total. The third-order valence-electron chi connectivity index (χ3n) is 5.82. The van der Waals surface area contributed by atoms with Gasteiger partial charge in [-0.1, -0.05) is 0 Å². The first kappa shape index (κ1) is 15.3. The van der Waals surface area contributed by atoms with Gasteiger partial charge in [-0.15, -0.1) is 0 Å². The second-order valence-corrected chi connectivity index (χ2v) is 13.2. The molecule has 0 aromatic heterocycles. The Balaban J connectivity index is 1.31. The van der Waals surface area contributed by atoms with Crippen molar-refractivity contribution in [2.75, 3.05) is 6.79 Å². The van der Waals surface area contributed by atoms with E-state index < -0.39 is 20.4 Å². The summed E-state index contributed by atoms with van der Waals surface area (Å²) in [5.74, 6) is 0.595.